The Morgan fingerprint density at radius 2 is 2.10 bits per heavy atom. The zero-order valence-corrected chi connectivity index (χ0v) is 10.8. The molecule has 0 fully saturated rings. The molecule has 0 aliphatic carbocycles. The fourth-order valence-corrected chi connectivity index (χ4v) is 1.88. The number of esters is 1. The number of carbonyl (C=O) groups is 1. The number of nitrogens with zero attached hydrogens (tertiary/aromatic N) is 3. The van der Waals surface area contributed by atoms with Crippen LogP contribution in [0.25, 0.3) is 0 Å². The minimum absolute atomic E-state index is 0.185. The van der Waals surface area contributed by atoms with Crippen molar-refractivity contribution >= 4 is 11.8 Å². The van der Waals surface area contributed by atoms with Gasteiger partial charge in [-0.1, -0.05) is 30.3 Å². The quantitative estimate of drug-likeness (QED) is 0.471. The Bertz CT molecular complexity index is 609. The maximum atomic E-state index is 11.9. The first kappa shape index (κ1) is 13.7. The van der Waals surface area contributed by atoms with Crippen LogP contribution in [0.4, 0.5) is 5.82 Å². The largest absolute Gasteiger partial charge is 0.468 e. The number of nitro groups is 1. The van der Waals surface area contributed by atoms with E-state index >= 15 is 0 Å². The van der Waals surface area contributed by atoms with Crippen molar-refractivity contribution in [1.82, 2.24) is 9.78 Å². The molecule has 0 radical (unpaired) electrons. The lowest BCUT2D eigenvalue weighted by Crippen LogP contribution is -2.20. The second-order valence-electron chi connectivity index (χ2n) is 4.14. The molecule has 7 nitrogen and oxygen atoms in total. The summed E-state index contributed by atoms with van der Waals surface area (Å²) < 4.78 is 6.15. The highest BCUT2D eigenvalue weighted by atomic mass is 16.6. The molecule has 1 aromatic heterocycles. The van der Waals surface area contributed by atoms with Crippen LogP contribution in [-0.4, -0.2) is 27.8 Å². The number of hydrogen-bond acceptors (Lipinski definition) is 5. The fourth-order valence-electron chi connectivity index (χ4n) is 1.88. The first-order valence-electron chi connectivity index (χ1n) is 5.92. The van der Waals surface area contributed by atoms with Crippen molar-refractivity contribution in [3.8, 4) is 0 Å². The van der Waals surface area contributed by atoms with Gasteiger partial charge in [0.25, 0.3) is 0 Å². The highest BCUT2D eigenvalue weighted by Gasteiger charge is 2.24. The van der Waals surface area contributed by atoms with E-state index in [0.29, 0.717) is 0 Å². The lowest BCUT2D eigenvalue weighted by Gasteiger charge is -2.13. The van der Waals surface area contributed by atoms with Gasteiger partial charge in [-0.3, -0.25) is 4.79 Å². The third kappa shape index (κ3) is 3.00. The SMILES string of the molecule is COC(=O)C(Cn1ccc([N+](=O)[O-])n1)c1ccccc1. The summed E-state index contributed by atoms with van der Waals surface area (Å²) >= 11 is 0. The Labute approximate surface area is 114 Å². The van der Waals surface area contributed by atoms with Crippen LogP contribution < -0.4 is 0 Å². The predicted molar refractivity (Wildman–Crippen MR) is 70.1 cm³/mol. The van der Waals surface area contributed by atoms with Gasteiger partial charge in [0.05, 0.1) is 31.0 Å². The molecule has 20 heavy (non-hydrogen) atoms. The Hall–Kier alpha value is -2.70. The average Bonchev–Trinajstić information content (AvgIpc) is 2.94. The van der Waals surface area contributed by atoms with E-state index in [4.69, 9.17) is 4.74 Å². The monoisotopic (exact) mass is 275 g/mol. The Morgan fingerprint density at radius 3 is 2.65 bits per heavy atom. The number of carbonyl (C=O) groups excluding carboxylic acids is 1. The molecule has 2 rings (SSSR count). The third-order valence-electron chi connectivity index (χ3n) is 2.87. The molecular weight excluding hydrogens is 262 g/mol. The van der Waals surface area contributed by atoms with Crippen LogP contribution in [0.3, 0.4) is 0 Å². The zero-order chi connectivity index (χ0) is 14.5. The molecule has 1 atom stereocenters. The van der Waals surface area contributed by atoms with Crippen molar-refractivity contribution < 1.29 is 14.5 Å². The van der Waals surface area contributed by atoms with Crippen LogP contribution >= 0.6 is 0 Å². The number of hydrogen-bond donors (Lipinski definition) is 0. The third-order valence-corrected chi connectivity index (χ3v) is 2.87. The van der Waals surface area contributed by atoms with Crippen molar-refractivity contribution in [2.24, 2.45) is 0 Å². The molecule has 0 aliphatic heterocycles. The summed E-state index contributed by atoms with van der Waals surface area (Å²) in [5.41, 5.74) is 0.775. The van der Waals surface area contributed by atoms with Gasteiger partial charge in [-0.2, -0.15) is 4.68 Å². The topological polar surface area (TPSA) is 87.3 Å². The van der Waals surface area contributed by atoms with Gasteiger partial charge in [0.15, 0.2) is 0 Å². The summed E-state index contributed by atoms with van der Waals surface area (Å²) in [5.74, 6) is -1.21. The Kier molecular flexibility index (Phi) is 4.09. The van der Waals surface area contributed by atoms with Crippen LogP contribution in [-0.2, 0) is 16.1 Å². The van der Waals surface area contributed by atoms with E-state index in [-0.39, 0.29) is 12.4 Å². The highest BCUT2D eigenvalue weighted by molar-refractivity contribution is 5.77. The van der Waals surface area contributed by atoms with Crippen molar-refractivity contribution in [3.05, 3.63) is 58.3 Å². The summed E-state index contributed by atoms with van der Waals surface area (Å²) in [6.45, 7) is 0.185. The van der Waals surface area contributed by atoms with E-state index in [2.05, 4.69) is 5.10 Å². The standard InChI is InChI=1S/C13H13N3O4/c1-20-13(17)11(10-5-3-2-4-6-10)9-15-8-7-12(14-15)16(18)19/h2-8,11H,9H2,1H3. The lowest BCUT2D eigenvalue weighted by molar-refractivity contribution is -0.389. The molecule has 1 unspecified atom stereocenters. The van der Waals surface area contributed by atoms with Gasteiger partial charge in [0.1, 0.15) is 5.92 Å². The van der Waals surface area contributed by atoms with Crippen LogP contribution in [0.2, 0.25) is 0 Å². The number of rotatable bonds is 5. The van der Waals surface area contributed by atoms with Gasteiger partial charge >= 0.3 is 11.8 Å². The van der Waals surface area contributed by atoms with E-state index in [0.717, 1.165) is 5.56 Å². The van der Waals surface area contributed by atoms with E-state index in [1.165, 1.54) is 24.1 Å². The van der Waals surface area contributed by atoms with Crippen molar-refractivity contribution in [3.63, 3.8) is 0 Å². The summed E-state index contributed by atoms with van der Waals surface area (Å²) in [5, 5.41) is 14.4. The van der Waals surface area contributed by atoms with Crippen LogP contribution in [0.1, 0.15) is 11.5 Å². The van der Waals surface area contributed by atoms with E-state index in [1.807, 2.05) is 18.2 Å². The van der Waals surface area contributed by atoms with Gasteiger partial charge in [0, 0.05) is 0 Å². The Balaban J connectivity index is 2.24. The predicted octanol–water partition coefficient (Wildman–Crippen LogP) is 1.75. The zero-order valence-electron chi connectivity index (χ0n) is 10.8. The molecule has 1 heterocycles. The van der Waals surface area contributed by atoms with Crippen LogP contribution in [0.5, 0.6) is 0 Å². The van der Waals surface area contributed by atoms with Crippen molar-refractivity contribution in [2.75, 3.05) is 7.11 Å². The molecule has 0 amide bonds. The maximum Gasteiger partial charge on any atom is 0.389 e. The van der Waals surface area contributed by atoms with Crippen molar-refractivity contribution in [2.45, 2.75) is 12.5 Å². The Morgan fingerprint density at radius 1 is 1.40 bits per heavy atom. The van der Waals surface area contributed by atoms with Crippen LogP contribution in [0.15, 0.2) is 42.6 Å². The van der Waals surface area contributed by atoms with E-state index < -0.39 is 16.8 Å². The van der Waals surface area contributed by atoms with Gasteiger partial charge in [-0.25, -0.2) is 0 Å². The molecule has 104 valence electrons. The summed E-state index contributed by atoms with van der Waals surface area (Å²) in [6, 6.07) is 10.4. The maximum absolute atomic E-state index is 11.9. The van der Waals surface area contributed by atoms with Gasteiger partial charge < -0.3 is 14.9 Å². The molecule has 0 bridgehead atoms. The minimum Gasteiger partial charge on any atom is -0.468 e. The molecule has 0 saturated heterocycles. The molecular formula is C13H13N3O4. The highest BCUT2D eigenvalue weighted by Crippen LogP contribution is 2.20. The number of benzene rings is 1. The normalized spacial score (nSPS) is 11.8. The number of aromatic nitrogens is 2. The molecule has 0 spiro atoms. The number of methoxy groups -OCH3 is 1. The van der Waals surface area contributed by atoms with Crippen molar-refractivity contribution in [1.29, 1.82) is 0 Å². The molecule has 1 aromatic carbocycles. The van der Waals surface area contributed by atoms with E-state index in [1.54, 1.807) is 12.1 Å². The first-order valence-corrected chi connectivity index (χ1v) is 5.92. The second-order valence-corrected chi connectivity index (χ2v) is 4.14. The molecule has 0 N–H and O–H groups in total. The minimum atomic E-state index is -0.577. The van der Waals surface area contributed by atoms with Gasteiger partial charge in [-0.15, -0.1) is 0 Å². The fraction of sp³-hybridized carbons (Fsp3) is 0.231. The average molecular weight is 275 g/mol. The molecule has 7 heteroatoms. The van der Waals surface area contributed by atoms with Crippen LogP contribution in [0, 0.1) is 10.1 Å². The van der Waals surface area contributed by atoms with E-state index in [9.17, 15) is 14.9 Å². The molecule has 2 aromatic rings. The number of ether oxygens (including phenoxy) is 1. The summed E-state index contributed by atoms with van der Waals surface area (Å²) in [4.78, 5) is 21.9. The summed E-state index contributed by atoms with van der Waals surface area (Å²) in [7, 11) is 1.31. The van der Waals surface area contributed by atoms with Gasteiger partial charge in [0.2, 0.25) is 0 Å². The smallest absolute Gasteiger partial charge is 0.389 e. The molecule has 0 aliphatic rings. The summed E-state index contributed by atoms with van der Waals surface area (Å²) in [6.07, 6.45) is 1.47. The van der Waals surface area contributed by atoms with Gasteiger partial charge in [-0.05, 0) is 10.5 Å². The second kappa shape index (κ2) is 5.96. The molecule has 0 saturated carbocycles. The first-order chi connectivity index (χ1) is 9.61. The lowest BCUT2D eigenvalue weighted by atomic mass is 9.99.